The number of hydrogen-bond donors (Lipinski definition) is 14. The SMILES string of the molecule is C[C@H](CC[C@@]1(O)O[C@H]2C[C@H]3[C@@H]4CC=C5C[C@@H](O[C@@H]6O[C@H](CO)[C@@H](O)[C@H](O)[C@H]6O[C@@H]6O[C@@H](C)[C@H](O)[C@@H](O)[C@H]6O)C[C@@H](O)[C@]5(C)[C@H]4CC[C@]3(C)[C@H]2[C@@H]1C)CO[C@@H]1O[C@H](CO)[C@@H](O)[C@H](O)[C@H]1O[C@@H]1O[C@@H](C)[C@H](O)[C@@H](O)[C@H]1O. The first-order valence-corrected chi connectivity index (χ1v) is 26.9. The zero-order chi connectivity index (χ0) is 53.7. The van der Waals surface area contributed by atoms with Gasteiger partial charge in [0.15, 0.2) is 30.9 Å². The van der Waals surface area contributed by atoms with E-state index < -0.39 is 159 Å². The van der Waals surface area contributed by atoms with E-state index >= 15 is 0 Å². The van der Waals surface area contributed by atoms with Gasteiger partial charge in [-0.3, -0.25) is 0 Å². The van der Waals surface area contributed by atoms with Crippen LogP contribution in [0.15, 0.2) is 11.6 Å². The third-order valence-electron chi connectivity index (χ3n) is 19.6. The molecule has 0 aromatic rings. The molecule has 0 radical (unpaired) electrons. The Bertz CT molecular complexity index is 1940. The molecule has 0 aromatic carbocycles. The van der Waals surface area contributed by atoms with Crippen molar-refractivity contribution in [2.75, 3.05) is 19.8 Å². The second kappa shape index (κ2) is 22.0. The molecule has 23 heteroatoms. The summed E-state index contributed by atoms with van der Waals surface area (Å²) in [6.07, 6.45) is -23.8. The minimum absolute atomic E-state index is 0.0453. The molecule has 4 aliphatic carbocycles. The van der Waals surface area contributed by atoms with Gasteiger partial charge in [-0.15, -0.1) is 0 Å². The number of fused-ring (bicyclic) bond motifs is 7. The fourth-order valence-corrected chi connectivity index (χ4v) is 15.0. The maximum atomic E-state index is 12.3. The van der Waals surface area contributed by atoms with E-state index in [0.717, 1.165) is 31.3 Å². The van der Waals surface area contributed by atoms with Crippen molar-refractivity contribution in [3.05, 3.63) is 11.6 Å². The molecule has 0 bridgehead atoms. The number of aliphatic hydroxyl groups excluding tert-OH is 13. The summed E-state index contributed by atoms with van der Waals surface area (Å²) in [5, 5.41) is 151. The number of rotatable bonds is 14. The van der Waals surface area contributed by atoms with Crippen LogP contribution in [0.2, 0.25) is 0 Å². The van der Waals surface area contributed by atoms with Crippen LogP contribution in [0.25, 0.3) is 0 Å². The maximum absolute atomic E-state index is 12.3. The highest BCUT2D eigenvalue weighted by atomic mass is 16.8. The lowest BCUT2D eigenvalue weighted by atomic mass is 9.46. The molecule has 14 N–H and O–H groups in total. The molecule has 426 valence electrons. The highest BCUT2D eigenvalue weighted by Crippen LogP contribution is 2.70. The molecule has 9 rings (SSSR count). The lowest BCUT2D eigenvalue weighted by molar-refractivity contribution is -0.370. The first kappa shape index (κ1) is 57.5. The number of allylic oxidation sites excluding steroid dienone is 1. The Labute approximate surface area is 430 Å². The number of ether oxygens (including phenoxy) is 9. The van der Waals surface area contributed by atoms with Gasteiger partial charge in [0.1, 0.15) is 85.5 Å². The number of hydrogen-bond acceptors (Lipinski definition) is 23. The summed E-state index contributed by atoms with van der Waals surface area (Å²) in [5.74, 6) is -1.16. The van der Waals surface area contributed by atoms with Crippen LogP contribution in [0.4, 0.5) is 0 Å². The van der Waals surface area contributed by atoms with Crippen molar-refractivity contribution in [1.29, 1.82) is 0 Å². The Morgan fingerprint density at radius 1 is 0.649 bits per heavy atom. The fourth-order valence-electron chi connectivity index (χ4n) is 15.0. The molecule has 3 saturated carbocycles. The van der Waals surface area contributed by atoms with Crippen molar-refractivity contribution in [3.8, 4) is 0 Å². The molecule has 5 saturated heterocycles. The monoisotopic (exact) mass is 1060 g/mol. The van der Waals surface area contributed by atoms with Gasteiger partial charge in [0.2, 0.25) is 0 Å². The van der Waals surface area contributed by atoms with E-state index in [1.54, 1.807) is 0 Å². The van der Waals surface area contributed by atoms with E-state index in [-0.39, 0.29) is 60.1 Å². The van der Waals surface area contributed by atoms with Crippen molar-refractivity contribution >= 4 is 0 Å². The lowest BCUT2D eigenvalue weighted by Crippen LogP contribution is -2.64. The molecular weight excluding hydrogens is 981 g/mol. The largest absolute Gasteiger partial charge is 0.394 e. The Balaban J connectivity index is 0.818. The van der Waals surface area contributed by atoms with Crippen molar-refractivity contribution in [2.24, 2.45) is 46.3 Å². The van der Waals surface area contributed by atoms with Crippen LogP contribution >= 0.6 is 0 Å². The molecule has 0 amide bonds. The highest BCUT2D eigenvalue weighted by Gasteiger charge is 2.69. The molecule has 0 aromatic heterocycles. The van der Waals surface area contributed by atoms with Crippen LogP contribution in [-0.4, -0.2) is 238 Å². The number of aliphatic hydroxyl groups is 14. The van der Waals surface area contributed by atoms with E-state index in [1.807, 2.05) is 6.92 Å². The minimum Gasteiger partial charge on any atom is -0.394 e. The maximum Gasteiger partial charge on any atom is 0.187 e. The molecule has 0 spiro atoms. The summed E-state index contributed by atoms with van der Waals surface area (Å²) >= 11 is 0. The molecule has 23 nitrogen and oxygen atoms in total. The van der Waals surface area contributed by atoms with E-state index in [2.05, 4.69) is 26.8 Å². The van der Waals surface area contributed by atoms with Gasteiger partial charge in [0, 0.05) is 24.2 Å². The Morgan fingerprint density at radius 2 is 1.20 bits per heavy atom. The van der Waals surface area contributed by atoms with E-state index in [1.165, 1.54) is 13.8 Å². The summed E-state index contributed by atoms with van der Waals surface area (Å²) in [7, 11) is 0. The van der Waals surface area contributed by atoms with Crippen LogP contribution in [0, 0.1) is 46.3 Å². The van der Waals surface area contributed by atoms with Gasteiger partial charge < -0.3 is 114 Å². The average molecular weight is 1070 g/mol. The Kier molecular flexibility index (Phi) is 17.1. The van der Waals surface area contributed by atoms with Gasteiger partial charge in [-0.05, 0) is 87.4 Å². The third-order valence-corrected chi connectivity index (χ3v) is 19.6. The van der Waals surface area contributed by atoms with Crippen molar-refractivity contribution < 1.29 is 114 Å². The molecule has 74 heavy (non-hydrogen) atoms. The Hall–Kier alpha value is -1.18. The smallest absolute Gasteiger partial charge is 0.187 e. The van der Waals surface area contributed by atoms with Gasteiger partial charge in [0.05, 0.1) is 50.3 Å². The van der Waals surface area contributed by atoms with E-state index in [4.69, 9.17) is 42.6 Å². The van der Waals surface area contributed by atoms with Gasteiger partial charge in [0.25, 0.3) is 0 Å². The molecule has 5 aliphatic heterocycles. The zero-order valence-electron chi connectivity index (χ0n) is 43.0. The van der Waals surface area contributed by atoms with Crippen LogP contribution in [0.5, 0.6) is 0 Å². The van der Waals surface area contributed by atoms with Crippen LogP contribution in [0.3, 0.4) is 0 Å². The van der Waals surface area contributed by atoms with E-state index in [0.29, 0.717) is 19.3 Å². The highest BCUT2D eigenvalue weighted by molar-refractivity contribution is 5.28. The van der Waals surface area contributed by atoms with E-state index in [9.17, 15) is 71.5 Å². The van der Waals surface area contributed by atoms with Crippen LogP contribution in [0.1, 0.15) is 92.9 Å². The average Bonchev–Trinajstić information content (AvgIpc) is 3.81. The summed E-state index contributed by atoms with van der Waals surface area (Å²) in [4.78, 5) is 0. The first-order valence-electron chi connectivity index (χ1n) is 26.9. The predicted octanol–water partition coefficient (Wildman–Crippen LogP) is -3.01. The van der Waals surface area contributed by atoms with Crippen molar-refractivity contribution in [1.82, 2.24) is 0 Å². The molecule has 9 aliphatic rings. The standard InChI is InChI=1S/C51H84O23/c1-19(18-66-47-43(39(61)35(57)29(16-52)70-47)72-45-41(63)37(59)33(55)21(3)67-45)9-12-51(65)20(2)32-28(74-51)15-27-25-8-7-23-13-24(14-31(54)50(23,6)26(25)10-11-49(27,32)5)69-48-44(40(62)36(58)30(17-53)71-48)73-46-42(64)38(60)34(56)22(4)68-46/h7,19-22,24-48,52-65H,8-18H2,1-6H3/t19-,20+,21+,22+,24-,25-,26+,27+,28+,29-,30-,31-,32+,33+,34+,35-,36-,37-,38-,39+,40+,41-,42-,43-,44-,45+,46+,47-,48-,49+,50+,51-/m1/s1. The molecule has 5 heterocycles. The van der Waals surface area contributed by atoms with Crippen LogP contribution < -0.4 is 0 Å². The summed E-state index contributed by atoms with van der Waals surface area (Å²) in [5.41, 5.74) is 0.289. The van der Waals surface area contributed by atoms with Gasteiger partial charge >= 0.3 is 0 Å². The molecular formula is C51H84O23. The second-order valence-corrected chi connectivity index (χ2v) is 23.9. The van der Waals surface area contributed by atoms with Gasteiger partial charge in [-0.25, -0.2) is 0 Å². The molecule has 0 unspecified atom stereocenters. The summed E-state index contributed by atoms with van der Waals surface area (Å²) in [6, 6.07) is 0. The fraction of sp³-hybridized carbons (Fsp3) is 0.961. The minimum atomic E-state index is -1.71. The van der Waals surface area contributed by atoms with Gasteiger partial charge in [-0.2, -0.15) is 0 Å². The van der Waals surface area contributed by atoms with Crippen LogP contribution in [-0.2, 0) is 42.6 Å². The second-order valence-electron chi connectivity index (χ2n) is 23.9. The normalized spacial score (nSPS) is 55.9. The topological polar surface area (TPSA) is 366 Å². The van der Waals surface area contributed by atoms with Gasteiger partial charge in [-0.1, -0.05) is 39.3 Å². The zero-order valence-corrected chi connectivity index (χ0v) is 43.0. The molecule has 8 fully saturated rings. The Morgan fingerprint density at radius 3 is 1.77 bits per heavy atom. The summed E-state index contributed by atoms with van der Waals surface area (Å²) < 4.78 is 54.0. The summed E-state index contributed by atoms with van der Waals surface area (Å²) in [6.45, 7) is 10.1. The quantitative estimate of drug-likeness (QED) is 0.0771. The van der Waals surface area contributed by atoms with Crippen molar-refractivity contribution in [2.45, 2.75) is 240 Å². The van der Waals surface area contributed by atoms with Crippen molar-refractivity contribution in [3.63, 3.8) is 0 Å². The third kappa shape index (κ3) is 10.00. The molecule has 32 atom stereocenters. The predicted molar refractivity (Wildman–Crippen MR) is 250 cm³/mol. The first-order chi connectivity index (χ1) is 34.9. The lowest BCUT2D eigenvalue weighted by Gasteiger charge is -2.60.